The number of hydrogen-bond donors (Lipinski definition) is 0. The zero-order valence-corrected chi connectivity index (χ0v) is 10.9. The maximum atomic E-state index is 12.0. The Morgan fingerprint density at radius 1 is 1.28 bits per heavy atom. The summed E-state index contributed by atoms with van der Waals surface area (Å²) in [6.07, 6.45) is 11.7. The number of fused-ring (bicyclic) bond motifs is 1. The molecule has 3 heteroatoms. The van der Waals surface area contributed by atoms with Crippen LogP contribution >= 0.6 is 0 Å². The Bertz CT molecular complexity index is 511. The lowest BCUT2D eigenvalue weighted by molar-refractivity contribution is -0.149. The Kier molecular flexibility index (Phi) is 3.32. The van der Waals surface area contributed by atoms with Crippen LogP contribution < -0.4 is 0 Å². The van der Waals surface area contributed by atoms with E-state index in [1.165, 1.54) is 0 Å². The van der Waals surface area contributed by atoms with Crippen LogP contribution in [0.4, 0.5) is 0 Å². The number of allylic oxidation sites excluding steroid dienone is 6. The molecule has 94 valence electrons. The molecule has 0 N–H and O–H groups in total. The highest BCUT2D eigenvalue weighted by Gasteiger charge is 2.22. The second-order valence-electron chi connectivity index (χ2n) is 5.30. The van der Waals surface area contributed by atoms with Crippen molar-refractivity contribution in [2.45, 2.75) is 32.8 Å². The van der Waals surface area contributed by atoms with E-state index in [0.29, 0.717) is 12.0 Å². The molecule has 0 unspecified atom stereocenters. The van der Waals surface area contributed by atoms with E-state index in [4.69, 9.17) is 4.74 Å². The molecule has 0 saturated heterocycles. The third-order valence-electron chi connectivity index (χ3n) is 2.58. The molecule has 3 nitrogen and oxygen atoms in total. The molecule has 1 aliphatic carbocycles. The molecule has 1 heterocycles. The Morgan fingerprint density at radius 2 is 2.06 bits per heavy atom. The Hall–Kier alpha value is -1.90. The first-order valence-corrected chi connectivity index (χ1v) is 5.99. The lowest BCUT2D eigenvalue weighted by Crippen LogP contribution is -2.25. The number of carbonyl (C=O) groups is 1. The summed E-state index contributed by atoms with van der Waals surface area (Å²) in [7, 11) is 0. The molecular weight excluding hydrogens is 226 g/mol. The molecule has 2 aliphatic rings. The largest absolute Gasteiger partial charge is 0.457 e. The minimum atomic E-state index is -0.457. The molecule has 0 atom stereocenters. The van der Waals surface area contributed by atoms with E-state index in [1.807, 2.05) is 45.1 Å². The second kappa shape index (κ2) is 4.77. The molecular formula is C15H17NO2. The zero-order chi connectivity index (χ0) is 13.2. The second-order valence-corrected chi connectivity index (χ2v) is 5.30. The molecule has 0 aromatic heterocycles. The minimum Gasteiger partial charge on any atom is -0.457 e. The first-order valence-electron chi connectivity index (χ1n) is 5.99. The molecule has 0 saturated carbocycles. The van der Waals surface area contributed by atoms with Gasteiger partial charge in [0, 0.05) is 24.4 Å². The Labute approximate surface area is 107 Å². The number of ether oxygens (including phenoxy) is 1. The van der Waals surface area contributed by atoms with Gasteiger partial charge in [0.1, 0.15) is 5.60 Å². The van der Waals surface area contributed by atoms with Crippen LogP contribution in [0.15, 0.2) is 52.2 Å². The fourth-order valence-electron chi connectivity index (χ4n) is 1.77. The van der Waals surface area contributed by atoms with Crippen molar-refractivity contribution >= 4 is 12.2 Å². The highest BCUT2D eigenvalue weighted by Crippen LogP contribution is 2.27. The third-order valence-corrected chi connectivity index (χ3v) is 2.58. The van der Waals surface area contributed by atoms with Gasteiger partial charge >= 0.3 is 5.97 Å². The molecule has 0 radical (unpaired) electrons. The van der Waals surface area contributed by atoms with Crippen molar-refractivity contribution in [2.75, 3.05) is 0 Å². The molecule has 0 fully saturated rings. The zero-order valence-electron chi connectivity index (χ0n) is 10.9. The molecule has 0 spiro atoms. The molecule has 18 heavy (non-hydrogen) atoms. The van der Waals surface area contributed by atoms with E-state index in [0.717, 1.165) is 11.1 Å². The van der Waals surface area contributed by atoms with Gasteiger partial charge in [-0.05, 0) is 44.1 Å². The van der Waals surface area contributed by atoms with Crippen LogP contribution in [0.5, 0.6) is 0 Å². The maximum absolute atomic E-state index is 12.0. The molecule has 0 amide bonds. The Balaban J connectivity index is 2.19. The fraction of sp³-hybridized carbons (Fsp3) is 0.333. The summed E-state index contributed by atoms with van der Waals surface area (Å²) in [5.41, 5.74) is 2.42. The SMILES string of the molecule is CC(C)(C)OC(=O)C1=CC=C2C=CN=CC=C2C1. The van der Waals surface area contributed by atoms with Gasteiger partial charge in [-0.3, -0.25) is 4.99 Å². The summed E-state index contributed by atoms with van der Waals surface area (Å²) in [6.45, 7) is 5.61. The number of rotatable bonds is 1. The lowest BCUT2D eigenvalue weighted by atomic mass is 9.92. The van der Waals surface area contributed by atoms with E-state index >= 15 is 0 Å². The predicted molar refractivity (Wildman–Crippen MR) is 72.3 cm³/mol. The van der Waals surface area contributed by atoms with Gasteiger partial charge < -0.3 is 4.74 Å². The average molecular weight is 243 g/mol. The first-order chi connectivity index (χ1) is 8.46. The highest BCUT2D eigenvalue weighted by molar-refractivity contribution is 5.91. The van der Waals surface area contributed by atoms with Gasteiger partial charge in [-0.15, -0.1) is 0 Å². The number of esters is 1. The van der Waals surface area contributed by atoms with Crippen molar-refractivity contribution < 1.29 is 9.53 Å². The van der Waals surface area contributed by atoms with Gasteiger partial charge in [-0.2, -0.15) is 0 Å². The van der Waals surface area contributed by atoms with Gasteiger partial charge in [0.15, 0.2) is 0 Å². The summed E-state index contributed by atoms with van der Waals surface area (Å²) >= 11 is 0. The van der Waals surface area contributed by atoms with E-state index in [1.54, 1.807) is 12.4 Å². The van der Waals surface area contributed by atoms with Crippen molar-refractivity contribution in [2.24, 2.45) is 4.99 Å². The quantitative estimate of drug-likeness (QED) is 0.664. The van der Waals surface area contributed by atoms with E-state index in [-0.39, 0.29) is 5.97 Å². The van der Waals surface area contributed by atoms with Gasteiger partial charge in [0.2, 0.25) is 0 Å². The van der Waals surface area contributed by atoms with Gasteiger partial charge in [-0.1, -0.05) is 12.2 Å². The van der Waals surface area contributed by atoms with Crippen LogP contribution in [-0.4, -0.2) is 17.8 Å². The summed E-state index contributed by atoms with van der Waals surface area (Å²) in [5, 5.41) is 0. The summed E-state index contributed by atoms with van der Waals surface area (Å²) in [4.78, 5) is 16.0. The molecule has 0 aromatic rings. The van der Waals surface area contributed by atoms with Crippen LogP contribution in [0.2, 0.25) is 0 Å². The lowest BCUT2D eigenvalue weighted by Gasteiger charge is -2.22. The first kappa shape index (κ1) is 12.6. The van der Waals surface area contributed by atoms with Crippen LogP contribution in [-0.2, 0) is 9.53 Å². The summed E-state index contributed by atoms with van der Waals surface area (Å²) < 4.78 is 5.37. The van der Waals surface area contributed by atoms with E-state index in [2.05, 4.69) is 4.99 Å². The molecule has 0 aromatic carbocycles. The number of hydrogen-bond acceptors (Lipinski definition) is 3. The summed E-state index contributed by atoms with van der Waals surface area (Å²) in [5.74, 6) is -0.246. The van der Waals surface area contributed by atoms with Crippen LogP contribution in [0.25, 0.3) is 0 Å². The summed E-state index contributed by atoms with van der Waals surface area (Å²) in [6, 6.07) is 0. The van der Waals surface area contributed by atoms with Crippen molar-refractivity contribution in [1.82, 2.24) is 0 Å². The normalized spacial score (nSPS) is 18.3. The van der Waals surface area contributed by atoms with Gasteiger partial charge in [0.05, 0.1) is 0 Å². The standard InChI is InChI=1S/C15H17NO2/c1-15(2,3)18-14(17)13-5-4-11-6-8-16-9-7-12(11)10-13/h4-9H,10H2,1-3H3. The van der Waals surface area contributed by atoms with E-state index in [9.17, 15) is 4.79 Å². The average Bonchev–Trinajstić information content (AvgIpc) is 2.50. The van der Waals surface area contributed by atoms with Gasteiger partial charge in [0.25, 0.3) is 0 Å². The van der Waals surface area contributed by atoms with Crippen molar-refractivity contribution in [3.05, 3.63) is 47.2 Å². The van der Waals surface area contributed by atoms with Gasteiger partial charge in [-0.25, -0.2) is 4.79 Å². The topological polar surface area (TPSA) is 38.7 Å². The Morgan fingerprint density at radius 3 is 2.78 bits per heavy atom. The molecule has 1 aliphatic heterocycles. The smallest absolute Gasteiger partial charge is 0.334 e. The van der Waals surface area contributed by atoms with Crippen LogP contribution in [0, 0.1) is 0 Å². The predicted octanol–water partition coefficient (Wildman–Crippen LogP) is 3.11. The number of nitrogens with zero attached hydrogens (tertiary/aromatic N) is 1. The maximum Gasteiger partial charge on any atom is 0.334 e. The van der Waals surface area contributed by atoms with Crippen molar-refractivity contribution in [1.29, 1.82) is 0 Å². The highest BCUT2D eigenvalue weighted by atomic mass is 16.6. The molecule has 2 rings (SSSR count). The van der Waals surface area contributed by atoms with Crippen LogP contribution in [0.1, 0.15) is 27.2 Å². The van der Waals surface area contributed by atoms with Crippen LogP contribution in [0.3, 0.4) is 0 Å². The third kappa shape index (κ3) is 3.06. The number of carbonyl (C=O) groups excluding carboxylic acids is 1. The molecule has 0 bridgehead atoms. The minimum absolute atomic E-state index is 0.246. The fourth-order valence-corrected chi connectivity index (χ4v) is 1.77. The van der Waals surface area contributed by atoms with Crippen molar-refractivity contribution in [3.63, 3.8) is 0 Å². The van der Waals surface area contributed by atoms with E-state index < -0.39 is 5.60 Å². The number of aliphatic imine (C=N–C) groups is 1. The monoisotopic (exact) mass is 243 g/mol. The van der Waals surface area contributed by atoms with Crippen molar-refractivity contribution in [3.8, 4) is 0 Å².